The van der Waals surface area contributed by atoms with Crippen molar-refractivity contribution in [3.8, 4) is 0 Å². The van der Waals surface area contributed by atoms with E-state index in [1.54, 1.807) is 15.4 Å². The van der Waals surface area contributed by atoms with Gasteiger partial charge in [-0.2, -0.15) is 5.10 Å². The van der Waals surface area contributed by atoms with E-state index >= 15 is 0 Å². The second-order valence-electron chi connectivity index (χ2n) is 7.85. The van der Waals surface area contributed by atoms with E-state index in [1.165, 1.54) is 0 Å². The van der Waals surface area contributed by atoms with Crippen molar-refractivity contribution in [2.75, 3.05) is 18.4 Å². The number of carbonyl (C=O) groups excluding carboxylic acids is 1. The predicted molar refractivity (Wildman–Crippen MR) is 104 cm³/mol. The minimum Gasteiger partial charge on any atom is -0.316 e. The third-order valence-corrected chi connectivity index (χ3v) is 5.59. The molecule has 1 saturated heterocycles. The number of pyridine rings is 1. The summed E-state index contributed by atoms with van der Waals surface area (Å²) in [6.45, 7) is 4.41. The largest absolute Gasteiger partial charge is 0.316 e. The Hall–Kier alpha value is -2.41. The Bertz CT molecular complexity index is 904. The van der Waals surface area contributed by atoms with E-state index < -0.39 is 0 Å². The molecule has 7 heteroatoms. The van der Waals surface area contributed by atoms with Crippen LogP contribution in [-0.4, -0.2) is 33.3 Å². The lowest BCUT2D eigenvalue weighted by molar-refractivity contribution is 0.102. The van der Waals surface area contributed by atoms with Crippen molar-refractivity contribution in [3.63, 3.8) is 0 Å². The van der Waals surface area contributed by atoms with Gasteiger partial charge in [-0.15, -0.1) is 0 Å². The summed E-state index contributed by atoms with van der Waals surface area (Å²) in [5.74, 6) is 1.21. The van der Waals surface area contributed by atoms with E-state index in [2.05, 4.69) is 15.7 Å². The van der Waals surface area contributed by atoms with Crippen LogP contribution in [0.2, 0.25) is 0 Å². The molecule has 7 nitrogen and oxygen atoms in total. The molecule has 1 unspecified atom stereocenters. The van der Waals surface area contributed by atoms with Crippen molar-refractivity contribution in [3.05, 3.63) is 45.5 Å². The fraction of sp³-hybridized carbons (Fsp3) is 0.550. The molecule has 1 aliphatic heterocycles. The molecule has 2 aliphatic rings. The van der Waals surface area contributed by atoms with Crippen LogP contribution in [0.1, 0.15) is 53.2 Å². The van der Waals surface area contributed by atoms with Gasteiger partial charge in [0, 0.05) is 31.8 Å². The number of nitrogens with one attached hydrogen (secondary N) is 2. The maximum absolute atomic E-state index is 13.0. The van der Waals surface area contributed by atoms with Crippen LogP contribution in [0.4, 0.5) is 5.82 Å². The van der Waals surface area contributed by atoms with Crippen LogP contribution in [0.3, 0.4) is 0 Å². The maximum atomic E-state index is 13.0. The summed E-state index contributed by atoms with van der Waals surface area (Å²) in [6, 6.07) is 3.77. The molecule has 1 aliphatic carbocycles. The molecular weight excluding hydrogens is 342 g/mol. The number of hydrogen-bond donors (Lipinski definition) is 2. The van der Waals surface area contributed by atoms with Gasteiger partial charge in [-0.1, -0.05) is 0 Å². The van der Waals surface area contributed by atoms with Gasteiger partial charge >= 0.3 is 0 Å². The molecule has 3 heterocycles. The molecule has 1 amide bonds. The van der Waals surface area contributed by atoms with Crippen molar-refractivity contribution < 1.29 is 4.79 Å². The van der Waals surface area contributed by atoms with Crippen LogP contribution in [0.5, 0.6) is 0 Å². The highest BCUT2D eigenvalue weighted by atomic mass is 16.2. The Morgan fingerprint density at radius 1 is 1.37 bits per heavy atom. The highest BCUT2D eigenvalue weighted by molar-refractivity contribution is 6.04. The second kappa shape index (κ2) is 7.31. The average molecular weight is 369 g/mol. The topological polar surface area (TPSA) is 81.0 Å². The van der Waals surface area contributed by atoms with E-state index in [0.29, 0.717) is 29.8 Å². The number of carbonyl (C=O) groups is 1. The van der Waals surface area contributed by atoms with Crippen molar-refractivity contribution in [2.45, 2.75) is 45.1 Å². The zero-order valence-electron chi connectivity index (χ0n) is 16.0. The number of rotatable bonds is 5. The fourth-order valence-electron chi connectivity index (χ4n) is 3.81. The number of aromatic nitrogens is 3. The lowest BCUT2D eigenvalue weighted by Crippen LogP contribution is -2.36. The van der Waals surface area contributed by atoms with Gasteiger partial charge in [-0.3, -0.25) is 14.3 Å². The van der Waals surface area contributed by atoms with Gasteiger partial charge in [0.15, 0.2) is 0 Å². The van der Waals surface area contributed by atoms with E-state index in [-0.39, 0.29) is 17.0 Å². The summed E-state index contributed by atoms with van der Waals surface area (Å²) in [4.78, 5) is 25.8. The summed E-state index contributed by atoms with van der Waals surface area (Å²) in [7, 11) is 1.81. The van der Waals surface area contributed by atoms with E-state index in [4.69, 9.17) is 0 Å². The molecule has 0 bridgehead atoms. The van der Waals surface area contributed by atoms with Gasteiger partial charge in [0.1, 0.15) is 11.4 Å². The highest BCUT2D eigenvalue weighted by Crippen LogP contribution is 2.39. The number of piperidine rings is 1. The fourth-order valence-corrected chi connectivity index (χ4v) is 3.81. The van der Waals surface area contributed by atoms with Gasteiger partial charge < -0.3 is 15.2 Å². The first-order valence-corrected chi connectivity index (χ1v) is 9.79. The Kier molecular flexibility index (Phi) is 4.86. The molecule has 1 saturated carbocycles. The summed E-state index contributed by atoms with van der Waals surface area (Å²) in [6.07, 6.45) is 6.35. The first kappa shape index (κ1) is 18.0. The zero-order valence-corrected chi connectivity index (χ0v) is 16.0. The molecule has 4 rings (SSSR count). The highest BCUT2D eigenvalue weighted by Gasteiger charge is 2.27. The molecule has 1 atom stereocenters. The van der Waals surface area contributed by atoms with Crippen LogP contribution < -0.4 is 16.2 Å². The maximum Gasteiger partial charge on any atom is 0.263 e. The lowest BCUT2D eigenvalue weighted by Gasteiger charge is -2.23. The molecular formula is C20H27N5O2. The molecule has 2 N–H and O–H groups in total. The zero-order chi connectivity index (χ0) is 19.0. The Morgan fingerprint density at radius 2 is 2.19 bits per heavy atom. The molecule has 2 aromatic rings. The smallest absolute Gasteiger partial charge is 0.263 e. The lowest BCUT2D eigenvalue weighted by atomic mass is 9.99. The van der Waals surface area contributed by atoms with Crippen molar-refractivity contribution >= 4 is 11.7 Å². The average Bonchev–Trinajstić information content (AvgIpc) is 3.43. The summed E-state index contributed by atoms with van der Waals surface area (Å²) in [5, 5.41) is 10.7. The second-order valence-corrected chi connectivity index (χ2v) is 7.85. The SMILES string of the molecule is Cc1ccn(CC2CCCNC2)c(=O)c1C(=O)Nc1cc(C2CC2)nn1C. The number of amides is 1. The molecule has 2 fully saturated rings. The van der Waals surface area contributed by atoms with Gasteiger partial charge in [0.25, 0.3) is 11.5 Å². The Labute approximate surface area is 158 Å². The van der Waals surface area contributed by atoms with Crippen molar-refractivity contribution in [1.29, 1.82) is 0 Å². The molecule has 0 aromatic carbocycles. The monoisotopic (exact) mass is 369 g/mol. The minimum atomic E-state index is -0.362. The van der Waals surface area contributed by atoms with Crippen molar-refractivity contribution in [1.82, 2.24) is 19.7 Å². The molecule has 0 spiro atoms. The first-order valence-electron chi connectivity index (χ1n) is 9.79. The standard InChI is InChI=1S/C20H27N5O2/c1-13-7-9-25(12-14-4-3-8-21-11-14)20(27)18(13)19(26)22-17-10-16(15-5-6-15)23-24(17)2/h7,9-10,14-15,21H,3-6,8,11-12H2,1-2H3,(H,22,26). The minimum absolute atomic E-state index is 0.218. The van der Waals surface area contributed by atoms with E-state index in [0.717, 1.165) is 44.5 Å². The Balaban J connectivity index is 1.55. The molecule has 144 valence electrons. The summed E-state index contributed by atoms with van der Waals surface area (Å²) in [5.41, 5.74) is 1.71. The first-order chi connectivity index (χ1) is 13.0. The van der Waals surface area contributed by atoms with Crippen molar-refractivity contribution in [2.24, 2.45) is 13.0 Å². The molecule has 0 radical (unpaired) electrons. The van der Waals surface area contributed by atoms with Gasteiger partial charge in [0.05, 0.1) is 5.69 Å². The Morgan fingerprint density at radius 3 is 2.89 bits per heavy atom. The van der Waals surface area contributed by atoms with Crippen LogP contribution in [0, 0.1) is 12.8 Å². The van der Waals surface area contributed by atoms with E-state index in [1.807, 2.05) is 26.1 Å². The molecule has 2 aromatic heterocycles. The number of aryl methyl sites for hydroxylation is 2. The summed E-state index contributed by atoms with van der Waals surface area (Å²) >= 11 is 0. The third-order valence-electron chi connectivity index (χ3n) is 5.59. The van der Waals surface area contributed by atoms with Crippen LogP contribution in [0.25, 0.3) is 0 Å². The van der Waals surface area contributed by atoms with Crippen LogP contribution in [0.15, 0.2) is 23.1 Å². The number of nitrogens with zero attached hydrogens (tertiary/aromatic N) is 3. The molecule has 27 heavy (non-hydrogen) atoms. The number of anilines is 1. The van der Waals surface area contributed by atoms with Gasteiger partial charge in [-0.25, -0.2) is 0 Å². The quantitative estimate of drug-likeness (QED) is 0.845. The number of hydrogen-bond acceptors (Lipinski definition) is 4. The van der Waals surface area contributed by atoms with Gasteiger partial charge in [0.2, 0.25) is 0 Å². The van der Waals surface area contributed by atoms with Gasteiger partial charge in [-0.05, 0) is 63.2 Å². The van der Waals surface area contributed by atoms with Crippen LogP contribution >= 0.6 is 0 Å². The van der Waals surface area contributed by atoms with E-state index in [9.17, 15) is 9.59 Å². The predicted octanol–water partition coefficient (Wildman–Crippen LogP) is 2.02. The van der Waals surface area contributed by atoms with Crippen LogP contribution in [-0.2, 0) is 13.6 Å². The summed E-state index contributed by atoms with van der Waals surface area (Å²) < 4.78 is 3.36. The third kappa shape index (κ3) is 3.83. The normalized spacial score (nSPS) is 19.9.